The summed E-state index contributed by atoms with van der Waals surface area (Å²) < 4.78 is 0. The maximum atomic E-state index is 2.59. The molecule has 0 saturated carbocycles. The lowest BCUT2D eigenvalue weighted by Crippen LogP contribution is -2.17. The van der Waals surface area contributed by atoms with Crippen molar-refractivity contribution in [3.63, 3.8) is 0 Å². The Hall–Kier alpha value is -5.66. The first kappa shape index (κ1) is 32.0. The van der Waals surface area contributed by atoms with Crippen LogP contribution < -0.4 is 4.90 Å². The number of allylic oxidation sites excluding steroid dienone is 6. The van der Waals surface area contributed by atoms with Crippen molar-refractivity contribution in [1.29, 1.82) is 0 Å². The van der Waals surface area contributed by atoms with E-state index < -0.39 is 0 Å². The van der Waals surface area contributed by atoms with Crippen molar-refractivity contribution < 1.29 is 0 Å². The van der Waals surface area contributed by atoms with Crippen molar-refractivity contribution in [2.45, 2.75) is 64.2 Å². The Kier molecular flexibility index (Phi) is 7.72. The molecule has 0 aliphatic heterocycles. The Labute approximate surface area is 314 Å². The second-order valence-electron chi connectivity index (χ2n) is 15.8. The Morgan fingerprint density at radius 2 is 1.25 bits per heavy atom. The maximum absolute atomic E-state index is 2.59. The molecule has 0 amide bonds. The summed E-state index contributed by atoms with van der Waals surface area (Å²) in [5.41, 5.74) is 22.8. The van der Waals surface area contributed by atoms with E-state index in [2.05, 4.69) is 170 Å². The summed E-state index contributed by atoms with van der Waals surface area (Å²) >= 11 is 0. The number of fused-ring (bicyclic) bond motifs is 6. The quantitative estimate of drug-likeness (QED) is 0.169. The third-order valence-corrected chi connectivity index (χ3v) is 12.3. The van der Waals surface area contributed by atoms with Gasteiger partial charge in [0, 0.05) is 27.9 Å². The molecule has 0 N–H and O–H groups in total. The van der Waals surface area contributed by atoms with Crippen LogP contribution in [0, 0.1) is 0 Å². The van der Waals surface area contributed by atoms with Gasteiger partial charge in [-0.15, -0.1) is 0 Å². The molecule has 53 heavy (non-hydrogen) atoms. The predicted octanol–water partition coefficient (Wildman–Crippen LogP) is 14.4. The minimum absolute atomic E-state index is 0.116. The fourth-order valence-corrected chi connectivity index (χ4v) is 9.52. The van der Waals surface area contributed by atoms with Crippen LogP contribution in [-0.2, 0) is 11.8 Å². The van der Waals surface area contributed by atoms with E-state index >= 15 is 0 Å². The molecule has 0 atom stereocenters. The van der Waals surface area contributed by atoms with Crippen LogP contribution in [0.4, 0.5) is 17.1 Å². The van der Waals surface area contributed by atoms with Gasteiger partial charge in [0.2, 0.25) is 0 Å². The van der Waals surface area contributed by atoms with Gasteiger partial charge < -0.3 is 4.90 Å². The van der Waals surface area contributed by atoms with Crippen molar-refractivity contribution in [1.82, 2.24) is 0 Å². The molecule has 0 unspecified atom stereocenters. The third kappa shape index (κ3) is 5.36. The van der Waals surface area contributed by atoms with E-state index in [4.69, 9.17) is 0 Å². The first-order valence-corrected chi connectivity index (χ1v) is 19.6. The number of hydrogen-bond acceptors (Lipinski definition) is 1. The van der Waals surface area contributed by atoms with Crippen molar-refractivity contribution in [3.05, 3.63) is 185 Å². The summed E-state index contributed by atoms with van der Waals surface area (Å²) in [4.78, 5) is 2.59. The van der Waals surface area contributed by atoms with Crippen LogP contribution in [0.25, 0.3) is 44.5 Å². The van der Waals surface area contributed by atoms with Crippen molar-refractivity contribution in [3.8, 4) is 33.4 Å². The molecule has 1 nitrogen and oxygen atoms in total. The molecule has 6 aromatic carbocycles. The third-order valence-electron chi connectivity index (χ3n) is 12.3. The molecule has 0 spiro atoms. The average molecular weight is 684 g/mol. The second-order valence-corrected chi connectivity index (χ2v) is 15.8. The first-order valence-electron chi connectivity index (χ1n) is 19.6. The SMILES string of the molecule is CC1(C)c2ccccc2-c2c1cc1c(c2N(c2ccc(C3=CCCCC3)cc2)c2ccc(-c3ccccc3)cc2)-c2cc(C3=CC=CCC3)ccc2C1. The summed E-state index contributed by atoms with van der Waals surface area (Å²) in [6.45, 7) is 4.84. The van der Waals surface area contributed by atoms with Gasteiger partial charge in [0.1, 0.15) is 0 Å². The molecular weight excluding hydrogens is 639 g/mol. The molecule has 0 saturated heterocycles. The number of nitrogens with zero attached hydrogens (tertiary/aromatic N) is 1. The smallest absolute Gasteiger partial charge is 0.0624 e. The van der Waals surface area contributed by atoms with Crippen LogP contribution in [0.15, 0.2) is 152 Å². The van der Waals surface area contributed by atoms with Crippen LogP contribution in [0.3, 0.4) is 0 Å². The summed E-state index contributed by atoms with van der Waals surface area (Å²) in [5.74, 6) is 0. The molecule has 0 heterocycles. The summed E-state index contributed by atoms with van der Waals surface area (Å²) in [6.07, 6.45) is 17.3. The van der Waals surface area contributed by atoms with Crippen LogP contribution in [0.1, 0.15) is 85.8 Å². The Morgan fingerprint density at radius 1 is 0.528 bits per heavy atom. The fraction of sp³-hybridized carbons (Fsp3) is 0.192. The van der Waals surface area contributed by atoms with Gasteiger partial charge in [0.25, 0.3) is 0 Å². The zero-order chi connectivity index (χ0) is 35.5. The number of rotatable bonds is 6. The van der Waals surface area contributed by atoms with E-state index in [1.807, 2.05) is 0 Å². The van der Waals surface area contributed by atoms with Crippen LogP contribution >= 0.6 is 0 Å². The summed E-state index contributed by atoms with van der Waals surface area (Å²) in [5, 5.41) is 0. The van der Waals surface area contributed by atoms with Crippen LogP contribution in [0.5, 0.6) is 0 Å². The molecule has 4 aliphatic rings. The molecule has 0 radical (unpaired) electrons. The minimum Gasteiger partial charge on any atom is -0.309 e. The molecule has 258 valence electrons. The molecule has 0 bridgehead atoms. The van der Waals surface area contributed by atoms with Gasteiger partial charge in [-0.1, -0.05) is 135 Å². The number of anilines is 3. The zero-order valence-corrected chi connectivity index (χ0v) is 30.8. The monoisotopic (exact) mass is 683 g/mol. The topological polar surface area (TPSA) is 3.24 Å². The van der Waals surface area contributed by atoms with Gasteiger partial charge in [-0.25, -0.2) is 0 Å². The fourth-order valence-electron chi connectivity index (χ4n) is 9.52. The lowest BCUT2D eigenvalue weighted by molar-refractivity contribution is 0.659. The lowest BCUT2D eigenvalue weighted by atomic mass is 9.81. The molecule has 1 heteroatoms. The molecule has 6 aromatic rings. The minimum atomic E-state index is -0.116. The number of hydrogen-bond donors (Lipinski definition) is 0. The van der Waals surface area contributed by atoms with Gasteiger partial charge in [0.05, 0.1) is 5.69 Å². The Balaban J connectivity index is 1.24. The van der Waals surface area contributed by atoms with Crippen molar-refractivity contribution in [2.75, 3.05) is 4.90 Å². The van der Waals surface area contributed by atoms with E-state index in [0.29, 0.717) is 0 Å². The van der Waals surface area contributed by atoms with E-state index in [9.17, 15) is 0 Å². The van der Waals surface area contributed by atoms with Gasteiger partial charge in [-0.3, -0.25) is 0 Å². The maximum Gasteiger partial charge on any atom is 0.0624 e. The van der Waals surface area contributed by atoms with E-state index in [0.717, 1.165) is 19.3 Å². The highest BCUT2D eigenvalue weighted by molar-refractivity contribution is 6.05. The largest absolute Gasteiger partial charge is 0.309 e. The predicted molar refractivity (Wildman–Crippen MR) is 225 cm³/mol. The zero-order valence-electron chi connectivity index (χ0n) is 30.8. The van der Waals surface area contributed by atoms with Crippen LogP contribution in [-0.4, -0.2) is 0 Å². The highest BCUT2D eigenvalue weighted by atomic mass is 15.1. The van der Waals surface area contributed by atoms with Crippen molar-refractivity contribution in [2.24, 2.45) is 0 Å². The van der Waals surface area contributed by atoms with Crippen LogP contribution in [0.2, 0.25) is 0 Å². The van der Waals surface area contributed by atoms with E-state index in [-0.39, 0.29) is 5.41 Å². The van der Waals surface area contributed by atoms with Gasteiger partial charge in [0.15, 0.2) is 0 Å². The highest BCUT2D eigenvalue weighted by Gasteiger charge is 2.41. The van der Waals surface area contributed by atoms with Gasteiger partial charge in [-0.2, -0.15) is 0 Å². The highest BCUT2D eigenvalue weighted by Crippen LogP contribution is 2.60. The Morgan fingerprint density at radius 3 is 1.98 bits per heavy atom. The summed E-state index contributed by atoms with van der Waals surface area (Å²) in [7, 11) is 0. The van der Waals surface area contributed by atoms with Crippen molar-refractivity contribution >= 4 is 28.2 Å². The molecule has 0 aromatic heterocycles. The van der Waals surface area contributed by atoms with E-state index in [1.165, 1.54) is 121 Å². The normalized spacial score (nSPS) is 16.3. The molecule has 10 rings (SSSR count). The van der Waals surface area contributed by atoms with E-state index in [1.54, 1.807) is 0 Å². The number of benzene rings is 6. The lowest BCUT2D eigenvalue weighted by Gasteiger charge is -2.32. The molecule has 4 aliphatic carbocycles. The standard InChI is InChI=1S/C52H45N/c1-52(2)47-21-13-12-20-45(47)50-48(52)34-42-32-41-23-22-40(37-18-10-5-11-19-37)33-46(41)49(42)51(50)53(43-28-24-38(25-29-43)35-14-6-3-7-15-35)44-30-26-39(27-31-44)36-16-8-4-9-17-36/h3,5-7,10,12-16,18,20-31,33-34H,4,8-9,11,17,19,32H2,1-2H3. The average Bonchev–Trinajstić information content (AvgIpc) is 3.70. The second kappa shape index (κ2) is 12.8. The first-order chi connectivity index (χ1) is 26.0. The van der Waals surface area contributed by atoms with Gasteiger partial charge >= 0.3 is 0 Å². The summed E-state index contributed by atoms with van der Waals surface area (Å²) in [6, 6.07) is 48.5. The molecular formula is C52H45N. The van der Waals surface area contributed by atoms with Gasteiger partial charge in [-0.05, 0) is 142 Å². The Bertz CT molecular complexity index is 2470. The molecule has 0 fully saturated rings.